The highest BCUT2D eigenvalue weighted by Gasteiger charge is 2.16. The van der Waals surface area contributed by atoms with E-state index in [9.17, 15) is 0 Å². The van der Waals surface area contributed by atoms with Crippen LogP contribution in [0, 0.1) is 0 Å². The minimum atomic E-state index is 0.00895. The SMILES string of the molecule is CCc1ccccc1OC(CC)c1nc(CCl)cs1. The van der Waals surface area contributed by atoms with Crippen LogP contribution in [-0.2, 0) is 12.3 Å². The van der Waals surface area contributed by atoms with E-state index in [0.717, 1.165) is 29.3 Å². The Morgan fingerprint density at radius 1 is 1.32 bits per heavy atom. The Balaban J connectivity index is 2.18. The lowest BCUT2D eigenvalue weighted by Gasteiger charge is -2.17. The lowest BCUT2D eigenvalue weighted by Crippen LogP contribution is -2.07. The van der Waals surface area contributed by atoms with Gasteiger partial charge in [-0.1, -0.05) is 32.0 Å². The molecule has 0 spiro atoms. The van der Waals surface area contributed by atoms with Crippen LogP contribution in [0.3, 0.4) is 0 Å². The number of para-hydroxylation sites is 1. The first kappa shape index (κ1) is 14.4. The lowest BCUT2D eigenvalue weighted by molar-refractivity contribution is 0.199. The molecule has 1 atom stereocenters. The molecule has 102 valence electrons. The molecule has 2 rings (SSSR count). The molecule has 0 amide bonds. The third-order valence-corrected chi connectivity index (χ3v) is 4.23. The molecule has 1 unspecified atom stereocenters. The van der Waals surface area contributed by atoms with Gasteiger partial charge in [-0.15, -0.1) is 22.9 Å². The molecular weight excluding hydrogens is 278 g/mol. The van der Waals surface area contributed by atoms with Crippen LogP contribution in [0.2, 0.25) is 0 Å². The molecule has 1 aromatic heterocycles. The van der Waals surface area contributed by atoms with Gasteiger partial charge in [-0.3, -0.25) is 0 Å². The number of aryl methyl sites for hydroxylation is 1. The average Bonchev–Trinajstić information content (AvgIpc) is 2.93. The summed E-state index contributed by atoms with van der Waals surface area (Å²) < 4.78 is 6.13. The molecule has 2 aromatic rings. The quantitative estimate of drug-likeness (QED) is 0.702. The summed E-state index contributed by atoms with van der Waals surface area (Å²) in [5.41, 5.74) is 2.16. The summed E-state index contributed by atoms with van der Waals surface area (Å²) in [6, 6.07) is 8.18. The van der Waals surface area contributed by atoms with Crippen LogP contribution in [0.1, 0.15) is 42.6 Å². The van der Waals surface area contributed by atoms with Crippen LogP contribution in [0.5, 0.6) is 5.75 Å². The number of nitrogens with zero attached hydrogens (tertiary/aromatic N) is 1. The van der Waals surface area contributed by atoms with Crippen molar-refractivity contribution in [2.45, 2.75) is 38.7 Å². The highest BCUT2D eigenvalue weighted by molar-refractivity contribution is 7.09. The number of thiazole rings is 1. The fourth-order valence-electron chi connectivity index (χ4n) is 1.90. The molecule has 0 aliphatic heterocycles. The van der Waals surface area contributed by atoms with E-state index in [1.165, 1.54) is 5.56 Å². The van der Waals surface area contributed by atoms with Gasteiger partial charge in [0.05, 0.1) is 11.6 Å². The minimum absolute atomic E-state index is 0.00895. The fourth-order valence-corrected chi connectivity index (χ4v) is 3.06. The fraction of sp³-hybridized carbons (Fsp3) is 0.400. The molecular formula is C15H18ClNOS. The van der Waals surface area contributed by atoms with Gasteiger partial charge < -0.3 is 4.74 Å². The van der Waals surface area contributed by atoms with Crippen molar-refractivity contribution in [3.05, 3.63) is 45.9 Å². The number of hydrogen-bond donors (Lipinski definition) is 0. The van der Waals surface area contributed by atoms with E-state index < -0.39 is 0 Å². The zero-order valence-corrected chi connectivity index (χ0v) is 12.8. The molecule has 4 heteroatoms. The van der Waals surface area contributed by atoms with E-state index in [2.05, 4.69) is 24.9 Å². The van der Waals surface area contributed by atoms with Gasteiger partial charge >= 0.3 is 0 Å². The second kappa shape index (κ2) is 6.92. The van der Waals surface area contributed by atoms with Crippen LogP contribution in [0.4, 0.5) is 0 Å². The standard InChI is InChI=1S/C15H18ClNOS/c1-3-11-7-5-6-8-14(11)18-13(4-2)15-17-12(9-16)10-19-15/h5-8,10,13H,3-4,9H2,1-2H3. The van der Waals surface area contributed by atoms with Crippen LogP contribution >= 0.6 is 22.9 Å². The van der Waals surface area contributed by atoms with Crippen LogP contribution in [0.25, 0.3) is 0 Å². The molecule has 2 nitrogen and oxygen atoms in total. The van der Waals surface area contributed by atoms with Gasteiger partial charge in [-0.25, -0.2) is 4.98 Å². The largest absolute Gasteiger partial charge is 0.483 e. The predicted octanol–water partition coefficient (Wildman–Crippen LogP) is 4.97. The number of ether oxygens (including phenoxy) is 1. The van der Waals surface area contributed by atoms with Gasteiger partial charge in [-0.2, -0.15) is 0 Å². The molecule has 0 saturated carbocycles. The zero-order chi connectivity index (χ0) is 13.7. The predicted molar refractivity (Wildman–Crippen MR) is 81.2 cm³/mol. The number of halogens is 1. The van der Waals surface area contributed by atoms with Crippen molar-refractivity contribution in [3.8, 4) is 5.75 Å². The summed E-state index contributed by atoms with van der Waals surface area (Å²) in [6.07, 6.45) is 1.87. The van der Waals surface area contributed by atoms with E-state index in [0.29, 0.717) is 5.88 Å². The molecule has 0 radical (unpaired) electrons. The molecule has 1 heterocycles. The molecule has 1 aromatic carbocycles. The number of benzene rings is 1. The molecule has 0 fully saturated rings. The summed E-state index contributed by atoms with van der Waals surface area (Å²) in [7, 11) is 0. The zero-order valence-electron chi connectivity index (χ0n) is 11.2. The van der Waals surface area contributed by atoms with Gasteiger partial charge in [0.25, 0.3) is 0 Å². The monoisotopic (exact) mass is 295 g/mol. The Bertz CT molecular complexity index is 526. The van der Waals surface area contributed by atoms with Crippen molar-refractivity contribution in [2.75, 3.05) is 0 Å². The van der Waals surface area contributed by atoms with Gasteiger partial charge in [0.2, 0.25) is 0 Å². The van der Waals surface area contributed by atoms with Gasteiger partial charge in [0.15, 0.2) is 0 Å². The summed E-state index contributed by atoms with van der Waals surface area (Å²) in [5, 5.41) is 3.00. The Kier molecular flexibility index (Phi) is 5.23. The Labute approximate surface area is 123 Å². The van der Waals surface area contributed by atoms with E-state index in [4.69, 9.17) is 16.3 Å². The highest BCUT2D eigenvalue weighted by atomic mass is 35.5. The van der Waals surface area contributed by atoms with Crippen LogP contribution < -0.4 is 4.74 Å². The van der Waals surface area contributed by atoms with Gasteiger partial charge in [-0.05, 0) is 24.5 Å². The lowest BCUT2D eigenvalue weighted by atomic mass is 10.1. The van der Waals surface area contributed by atoms with E-state index >= 15 is 0 Å². The Morgan fingerprint density at radius 2 is 2.11 bits per heavy atom. The van der Waals surface area contributed by atoms with Crippen molar-refractivity contribution < 1.29 is 4.74 Å². The summed E-state index contributed by atoms with van der Waals surface area (Å²) in [4.78, 5) is 4.51. The first-order valence-electron chi connectivity index (χ1n) is 6.53. The maximum absolute atomic E-state index is 6.13. The third-order valence-electron chi connectivity index (χ3n) is 2.98. The highest BCUT2D eigenvalue weighted by Crippen LogP contribution is 2.29. The molecule has 0 bridgehead atoms. The Hall–Kier alpha value is -1.06. The number of hydrogen-bond acceptors (Lipinski definition) is 3. The molecule has 0 N–H and O–H groups in total. The first-order valence-corrected chi connectivity index (χ1v) is 7.94. The number of aromatic nitrogens is 1. The number of rotatable bonds is 6. The first-order chi connectivity index (χ1) is 9.28. The van der Waals surface area contributed by atoms with Crippen LogP contribution in [-0.4, -0.2) is 4.98 Å². The van der Waals surface area contributed by atoms with Crippen molar-refractivity contribution >= 4 is 22.9 Å². The molecule has 19 heavy (non-hydrogen) atoms. The smallest absolute Gasteiger partial charge is 0.150 e. The summed E-state index contributed by atoms with van der Waals surface area (Å²) >= 11 is 7.42. The number of alkyl halides is 1. The third kappa shape index (κ3) is 3.48. The average molecular weight is 296 g/mol. The van der Waals surface area contributed by atoms with Crippen molar-refractivity contribution in [2.24, 2.45) is 0 Å². The second-order valence-electron chi connectivity index (χ2n) is 4.29. The van der Waals surface area contributed by atoms with Gasteiger partial charge in [0, 0.05) is 5.38 Å². The van der Waals surface area contributed by atoms with Gasteiger partial charge in [0.1, 0.15) is 16.9 Å². The van der Waals surface area contributed by atoms with E-state index in [-0.39, 0.29) is 6.10 Å². The maximum atomic E-state index is 6.13. The maximum Gasteiger partial charge on any atom is 0.150 e. The van der Waals surface area contributed by atoms with Crippen LogP contribution in [0.15, 0.2) is 29.6 Å². The summed E-state index contributed by atoms with van der Waals surface area (Å²) in [6.45, 7) is 4.25. The van der Waals surface area contributed by atoms with Crippen molar-refractivity contribution in [3.63, 3.8) is 0 Å². The Morgan fingerprint density at radius 3 is 2.74 bits per heavy atom. The molecule has 0 aliphatic carbocycles. The molecule has 0 saturated heterocycles. The van der Waals surface area contributed by atoms with Crippen molar-refractivity contribution in [1.29, 1.82) is 0 Å². The normalized spacial score (nSPS) is 12.4. The minimum Gasteiger partial charge on any atom is -0.483 e. The van der Waals surface area contributed by atoms with E-state index in [1.807, 2.05) is 23.6 Å². The topological polar surface area (TPSA) is 22.1 Å². The molecule has 0 aliphatic rings. The second-order valence-corrected chi connectivity index (χ2v) is 5.44. The van der Waals surface area contributed by atoms with Crippen molar-refractivity contribution in [1.82, 2.24) is 4.98 Å². The van der Waals surface area contributed by atoms with E-state index in [1.54, 1.807) is 11.3 Å². The summed E-state index contributed by atoms with van der Waals surface area (Å²) in [5.74, 6) is 1.41.